The third kappa shape index (κ3) is 4.11. The Hall–Kier alpha value is -6.01. The molecule has 0 amide bonds. The molecule has 3 atom stereocenters. The van der Waals surface area contributed by atoms with Crippen molar-refractivity contribution in [2.45, 2.75) is 12.3 Å². The molecule has 0 bridgehead atoms. The number of rotatable bonds is 4. The third-order valence-corrected chi connectivity index (χ3v) is 11.6. The van der Waals surface area contributed by atoms with E-state index in [0.29, 0.717) is 0 Å². The van der Waals surface area contributed by atoms with E-state index >= 15 is 0 Å². The van der Waals surface area contributed by atoms with Gasteiger partial charge in [0.2, 0.25) is 5.96 Å². The molecule has 5 heteroatoms. The summed E-state index contributed by atoms with van der Waals surface area (Å²) in [6, 6.07) is 61.6. The van der Waals surface area contributed by atoms with Crippen LogP contribution < -0.4 is 0 Å². The molecule has 11 rings (SSSR count). The minimum absolute atomic E-state index is 0.0934. The summed E-state index contributed by atoms with van der Waals surface area (Å²) >= 11 is 1.88. The number of hydrogen-bond acceptors (Lipinski definition) is 4. The first-order valence-corrected chi connectivity index (χ1v) is 17.9. The van der Waals surface area contributed by atoms with Crippen LogP contribution in [0.4, 0.5) is 0 Å². The fourth-order valence-corrected chi connectivity index (χ4v) is 9.25. The molecule has 7 aromatic carbocycles. The molecule has 4 heterocycles. The number of aromatic nitrogens is 1. The van der Waals surface area contributed by atoms with E-state index in [1.807, 2.05) is 11.3 Å². The SMILES string of the molecule is c1ccc(C2N=C(n3c4ccccc4c4ccc(-c5cccc(-c6cccc7c6sc6ccccc67)c5)cc43)N3C(c4ccccc4)N23)cc1. The van der Waals surface area contributed by atoms with Gasteiger partial charge in [0.15, 0.2) is 6.17 Å². The summed E-state index contributed by atoms with van der Waals surface area (Å²) in [4.78, 5) is 5.44. The van der Waals surface area contributed by atoms with Gasteiger partial charge in [0.05, 0.1) is 11.0 Å². The van der Waals surface area contributed by atoms with E-state index in [4.69, 9.17) is 4.99 Å². The van der Waals surface area contributed by atoms with Crippen molar-refractivity contribution in [3.63, 3.8) is 0 Å². The second-order valence-electron chi connectivity index (χ2n) is 13.2. The Kier molecular flexibility index (Phi) is 5.99. The Labute approximate surface area is 293 Å². The Morgan fingerprint density at radius 1 is 0.480 bits per heavy atom. The summed E-state index contributed by atoms with van der Waals surface area (Å²) in [5.41, 5.74) is 9.68. The number of hydrazine groups is 1. The summed E-state index contributed by atoms with van der Waals surface area (Å²) in [7, 11) is 0. The number of benzene rings is 7. The number of thiophene rings is 1. The van der Waals surface area contributed by atoms with Crippen LogP contribution in [0.5, 0.6) is 0 Å². The van der Waals surface area contributed by atoms with Gasteiger partial charge in [0.1, 0.15) is 6.17 Å². The van der Waals surface area contributed by atoms with Crippen molar-refractivity contribution in [3.05, 3.63) is 181 Å². The fraction of sp³-hybridized carbons (Fsp3) is 0.0444. The number of nitrogens with zero attached hydrogens (tertiary/aromatic N) is 4. The Morgan fingerprint density at radius 2 is 1.14 bits per heavy atom. The van der Waals surface area contributed by atoms with E-state index in [2.05, 4.69) is 184 Å². The lowest BCUT2D eigenvalue weighted by Gasteiger charge is -2.13. The molecule has 1 saturated heterocycles. The average Bonchev–Trinajstić information content (AvgIpc) is 3.43. The van der Waals surface area contributed by atoms with Gasteiger partial charge in [0, 0.05) is 30.9 Å². The largest absolute Gasteiger partial charge is 0.279 e. The molecule has 2 aromatic heterocycles. The zero-order valence-electron chi connectivity index (χ0n) is 27.0. The van der Waals surface area contributed by atoms with Crippen molar-refractivity contribution in [3.8, 4) is 22.3 Å². The predicted molar refractivity (Wildman–Crippen MR) is 208 cm³/mol. The monoisotopic (exact) mass is 658 g/mol. The zero-order chi connectivity index (χ0) is 32.8. The van der Waals surface area contributed by atoms with Crippen LogP contribution in [-0.2, 0) is 0 Å². The highest BCUT2D eigenvalue weighted by Gasteiger charge is 2.58. The Morgan fingerprint density at radius 3 is 2.00 bits per heavy atom. The van der Waals surface area contributed by atoms with E-state index in [1.165, 1.54) is 64.3 Å². The molecule has 3 unspecified atom stereocenters. The van der Waals surface area contributed by atoms with Crippen molar-refractivity contribution >= 4 is 59.3 Å². The molecule has 0 aliphatic carbocycles. The van der Waals surface area contributed by atoms with Crippen LogP contribution in [-0.4, -0.2) is 20.5 Å². The van der Waals surface area contributed by atoms with Gasteiger partial charge < -0.3 is 0 Å². The van der Waals surface area contributed by atoms with Gasteiger partial charge in [-0.3, -0.25) is 4.57 Å². The summed E-state index contributed by atoms with van der Waals surface area (Å²) in [6.07, 6.45) is 0.0330. The van der Waals surface area contributed by atoms with Gasteiger partial charge in [-0.15, -0.1) is 11.3 Å². The smallest absolute Gasteiger partial charge is 0.224 e. The van der Waals surface area contributed by atoms with Crippen LogP contribution >= 0.6 is 11.3 Å². The highest BCUT2D eigenvalue weighted by molar-refractivity contribution is 7.26. The van der Waals surface area contributed by atoms with Gasteiger partial charge in [-0.25, -0.2) is 10.0 Å². The van der Waals surface area contributed by atoms with E-state index in [1.54, 1.807) is 0 Å². The lowest BCUT2D eigenvalue weighted by atomic mass is 9.97. The molecule has 0 spiro atoms. The van der Waals surface area contributed by atoms with Gasteiger partial charge in [0.25, 0.3) is 0 Å². The minimum atomic E-state index is -0.0934. The molecule has 2 aliphatic heterocycles. The van der Waals surface area contributed by atoms with Crippen molar-refractivity contribution in [2.75, 3.05) is 0 Å². The highest BCUT2D eigenvalue weighted by atomic mass is 32.1. The first kappa shape index (κ1) is 27.9. The maximum Gasteiger partial charge on any atom is 0.224 e. The van der Waals surface area contributed by atoms with Gasteiger partial charge in [-0.05, 0) is 57.6 Å². The van der Waals surface area contributed by atoms with Crippen molar-refractivity contribution in [1.82, 2.24) is 14.6 Å². The van der Waals surface area contributed by atoms with Crippen molar-refractivity contribution < 1.29 is 0 Å². The number of hydrogen-bond donors (Lipinski definition) is 0. The maximum absolute atomic E-state index is 5.44. The molecule has 236 valence electrons. The van der Waals surface area contributed by atoms with Crippen LogP contribution in [0.25, 0.3) is 64.2 Å². The molecule has 0 N–H and O–H groups in total. The molecule has 2 aliphatic rings. The molecule has 9 aromatic rings. The summed E-state index contributed by atoms with van der Waals surface area (Å²) in [5.74, 6) is 0.959. The molecule has 4 nitrogen and oxygen atoms in total. The van der Waals surface area contributed by atoms with E-state index < -0.39 is 0 Å². The predicted octanol–water partition coefficient (Wildman–Crippen LogP) is 11.6. The molecular formula is C45H30N4S. The van der Waals surface area contributed by atoms with Crippen LogP contribution in [0.3, 0.4) is 0 Å². The quantitative estimate of drug-likeness (QED) is 0.176. The minimum Gasteiger partial charge on any atom is -0.279 e. The molecule has 0 radical (unpaired) electrons. The number of para-hydroxylation sites is 1. The first-order valence-electron chi connectivity index (χ1n) is 17.1. The van der Waals surface area contributed by atoms with Crippen molar-refractivity contribution in [2.24, 2.45) is 4.99 Å². The lowest BCUT2D eigenvalue weighted by molar-refractivity contribution is 0.340. The number of aliphatic imine (C=N–C) groups is 1. The average molecular weight is 659 g/mol. The van der Waals surface area contributed by atoms with Crippen LogP contribution in [0.15, 0.2) is 175 Å². The van der Waals surface area contributed by atoms with E-state index in [9.17, 15) is 0 Å². The summed E-state index contributed by atoms with van der Waals surface area (Å²) < 4.78 is 5.05. The van der Waals surface area contributed by atoms with Gasteiger partial charge >= 0.3 is 0 Å². The Bertz CT molecular complexity index is 2800. The standard InChI is InChI=1S/C45H30N4S/c1-3-13-29(14-4-1)43-46-45(49-44(48(43)49)30-15-5-2-6-16-30)47-39-23-9-7-19-35(39)36-26-25-32(28-40(36)47)31-17-11-18-33(27-31)34-21-12-22-38-37-20-8-10-24-41(37)50-42(34)38/h1-28,43-44H. The Balaban J connectivity index is 1.08. The maximum atomic E-state index is 5.44. The van der Waals surface area contributed by atoms with Crippen LogP contribution in [0.2, 0.25) is 0 Å². The molecule has 50 heavy (non-hydrogen) atoms. The lowest BCUT2D eigenvalue weighted by Crippen LogP contribution is -2.20. The van der Waals surface area contributed by atoms with Crippen LogP contribution in [0, 0.1) is 0 Å². The zero-order valence-corrected chi connectivity index (χ0v) is 27.8. The normalized spacial score (nSPS) is 18.3. The third-order valence-electron chi connectivity index (χ3n) is 10.4. The molecule has 1 fully saturated rings. The number of fused-ring (bicyclic) bond motifs is 7. The first-order chi connectivity index (χ1) is 24.8. The summed E-state index contributed by atoms with van der Waals surface area (Å²) in [6.45, 7) is 0. The summed E-state index contributed by atoms with van der Waals surface area (Å²) in [5, 5.41) is 9.89. The van der Waals surface area contributed by atoms with E-state index in [0.717, 1.165) is 17.0 Å². The fourth-order valence-electron chi connectivity index (χ4n) is 8.01. The van der Waals surface area contributed by atoms with Crippen LogP contribution in [0.1, 0.15) is 23.5 Å². The molecular weight excluding hydrogens is 629 g/mol. The van der Waals surface area contributed by atoms with Gasteiger partial charge in [-0.2, -0.15) is 5.01 Å². The second kappa shape index (κ2) is 10.7. The van der Waals surface area contributed by atoms with E-state index in [-0.39, 0.29) is 12.3 Å². The molecule has 0 saturated carbocycles. The second-order valence-corrected chi connectivity index (χ2v) is 14.2. The van der Waals surface area contributed by atoms with Crippen molar-refractivity contribution in [1.29, 1.82) is 0 Å². The van der Waals surface area contributed by atoms with Gasteiger partial charge in [-0.1, -0.05) is 146 Å². The highest BCUT2D eigenvalue weighted by Crippen LogP contribution is 2.54. The topological polar surface area (TPSA) is 23.3 Å².